The van der Waals surface area contributed by atoms with E-state index in [1.165, 1.54) is 6.26 Å². The Labute approximate surface area is 188 Å². The Bertz CT molecular complexity index is 1330. The molecule has 0 spiro atoms. The number of fused-ring (bicyclic) bond motifs is 1. The third-order valence-electron chi connectivity index (χ3n) is 5.77. The van der Waals surface area contributed by atoms with Gasteiger partial charge in [-0.05, 0) is 37.6 Å². The highest BCUT2D eigenvalue weighted by atomic mass is 32.2. The van der Waals surface area contributed by atoms with Gasteiger partial charge in [-0.1, -0.05) is 18.2 Å². The summed E-state index contributed by atoms with van der Waals surface area (Å²) in [7, 11) is -1.14. The summed E-state index contributed by atoms with van der Waals surface area (Å²) in [5.41, 5.74) is 3.06. The molecule has 0 aliphatic carbocycles. The van der Waals surface area contributed by atoms with Crippen LogP contribution in [0.25, 0.3) is 10.9 Å². The predicted octanol–water partition coefficient (Wildman–Crippen LogP) is 3.29. The van der Waals surface area contributed by atoms with E-state index in [4.69, 9.17) is 14.5 Å². The van der Waals surface area contributed by atoms with Gasteiger partial charge in [0.1, 0.15) is 0 Å². The van der Waals surface area contributed by atoms with Crippen molar-refractivity contribution in [2.45, 2.75) is 24.8 Å². The molecule has 1 saturated heterocycles. The van der Waals surface area contributed by atoms with Crippen molar-refractivity contribution in [1.82, 2.24) is 9.55 Å². The number of anilines is 2. The highest BCUT2D eigenvalue weighted by Crippen LogP contribution is 2.30. The molecule has 0 saturated carbocycles. The van der Waals surface area contributed by atoms with Gasteiger partial charge in [-0.2, -0.15) is 0 Å². The average molecular weight is 456 g/mol. The molecule has 1 aromatic heterocycles. The lowest BCUT2D eigenvalue weighted by molar-refractivity contribution is 0.121. The molecule has 0 bridgehead atoms. The van der Waals surface area contributed by atoms with E-state index >= 15 is 0 Å². The fourth-order valence-corrected chi connectivity index (χ4v) is 5.04. The SMILES string of the molecule is Cc1cc([C@H](C)Nc2ccccc2[S@](C)(=N)=O)c2nc(N3CCOCC3)n(C)c(=O)c2c1. The van der Waals surface area contributed by atoms with E-state index in [2.05, 4.69) is 10.2 Å². The van der Waals surface area contributed by atoms with Crippen molar-refractivity contribution in [3.8, 4) is 0 Å². The molecule has 9 heteroatoms. The normalized spacial score (nSPS) is 17.2. The number of morpholine rings is 1. The van der Waals surface area contributed by atoms with E-state index in [0.29, 0.717) is 53.7 Å². The first kappa shape index (κ1) is 22.3. The number of aryl methyl sites for hydroxylation is 1. The first-order valence-electron chi connectivity index (χ1n) is 10.6. The lowest BCUT2D eigenvalue weighted by Gasteiger charge is -2.29. The third kappa shape index (κ3) is 4.22. The monoisotopic (exact) mass is 455 g/mol. The van der Waals surface area contributed by atoms with Crippen LogP contribution in [0.2, 0.25) is 0 Å². The first-order valence-corrected chi connectivity index (χ1v) is 12.6. The van der Waals surface area contributed by atoms with E-state index in [9.17, 15) is 9.00 Å². The zero-order valence-corrected chi connectivity index (χ0v) is 19.7. The summed E-state index contributed by atoms with van der Waals surface area (Å²) in [5, 5.41) is 3.97. The largest absolute Gasteiger partial charge is 0.378 e. The summed E-state index contributed by atoms with van der Waals surface area (Å²) < 4.78 is 27.6. The topological polar surface area (TPSA) is 100 Å². The predicted molar refractivity (Wildman–Crippen MR) is 128 cm³/mol. The van der Waals surface area contributed by atoms with Crippen LogP contribution in [0.4, 0.5) is 11.6 Å². The zero-order valence-electron chi connectivity index (χ0n) is 18.8. The molecule has 2 atom stereocenters. The Morgan fingerprint density at radius 1 is 1.22 bits per heavy atom. The molecule has 2 N–H and O–H groups in total. The van der Waals surface area contributed by atoms with Crippen LogP contribution in [-0.4, -0.2) is 46.3 Å². The molecule has 0 amide bonds. The fourth-order valence-electron chi connectivity index (χ4n) is 4.15. The highest BCUT2D eigenvalue weighted by Gasteiger charge is 2.21. The molecule has 1 aliphatic heterocycles. The van der Waals surface area contributed by atoms with Crippen LogP contribution < -0.4 is 15.8 Å². The maximum atomic E-state index is 13.2. The number of aromatic nitrogens is 2. The zero-order chi connectivity index (χ0) is 23.0. The second kappa shape index (κ2) is 8.55. The van der Waals surface area contributed by atoms with Gasteiger partial charge in [0.25, 0.3) is 5.56 Å². The van der Waals surface area contributed by atoms with Crippen LogP contribution in [0.1, 0.15) is 24.1 Å². The Morgan fingerprint density at radius 3 is 2.59 bits per heavy atom. The van der Waals surface area contributed by atoms with E-state index in [0.717, 1.165) is 11.1 Å². The molecule has 1 fully saturated rings. The standard InChI is InChI=1S/C23H29N5O3S/c1-15-13-17(16(2)25-19-7-5-6-8-20(19)32(4,24)30)21-18(14-15)22(29)27(3)23(26-21)28-9-11-31-12-10-28/h5-8,13-14,16,24-25H,9-12H2,1-4H3/t16-,32+/m0/s1. The van der Waals surface area contributed by atoms with Crippen molar-refractivity contribution in [3.63, 3.8) is 0 Å². The minimum atomic E-state index is -2.90. The smallest absolute Gasteiger partial charge is 0.262 e. The molecule has 1 aliphatic rings. The Hall–Kier alpha value is -2.91. The summed E-state index contributed by atoms with van der Waals surface area (Å²) in [6.07, 6.45) is 1.42. The number of ether oxygens (including phenoxy) is 1. The molecule has 3 aromatic rings. The number of nitrogens with zero attached hydrogens (tertiary/aromatic N) is 3. The molecule has 170 valence electrons. The molecule has 2 aromatic carbocycles. The fraction of sp³-hybridized carbons (Fsp3) is 0.391. The molecular weight excluding hydrogens is 426 g/mol. The average Bonchev–Trinajstić information content (AvgIpc) is 2.76. The number of benzene rings is 2. The molecule has 32 heavy (non-hydrogen) atoms. The van der Waals surface area contributed by atoms with Crippen LogP contribution in [0.5, 0.6) is 0 Å². The number of hydrogen-bond donors (Lipinski definition) is 2. The van der Waals surface area contributed by atoms with E-state index in [1.54, 1.807) is 23.7 Å². The van der Waals surface area contributed by atoms with Crippen LogP contribution >= 0.6 is 0 Å². The van der Waals surface area contributed by atoms with Crippen molar-refractivity contribution in [2.75, 3.05) is 42.8 Å². The third-order valence-corrected chi connectivity index (χ3v) is 6.97. The molecule has 8 nitrogen and oxygen atoms in total. The lowest BCUT2D eigenvalue weighted by atomic mass is 10.0. The number of rotatable bonds is 5. The van der Waals surface area contributed by atoms with Crippen molar-refractivity contribution >= 4 is 32.3 Å². The lowest BCUT2D eigenvalue weighted by Crippen LogP contribution is -2.40. The van der Waals surface area contributed by atoms with Crippen molar-refractivity contribution < 1.29 is 8.95 Å². The summed E-state index contributed by atoms with van der Waals surface area (Å²) in [6, 6.07) is 10.9. The Morgan fingerprint density at radius 2 is 1.91 bits per heavy atom. The van der Waals surface area contributed by atoms with Crippen LogP contribution in [0.3, 0.4) is 0 Å². The van der Waals surface area contributed by atoms with Gasteiger partial charge in [-0.15, -0.1) is 0 Å². The minimum Gasteiger partial charge on any atom is -0.378 e. The van der Waals surface area contributed by atoms with Crippen molar-refractivity contribution in [2.24, 2.45) is 7.05 Å². The second-order valence-electron chi connectivity index (χ2n) is 8.33. The van der Waals surface area contributed by atoms with Gasteiger partial charge >= 0.3 is 0 Å². The van der Waals surface area contributed by atoms with Crippen molar-refractivity contribution in [3.05, 3.63) is 57.9 Å². The van der Waals surface area contributed by atoms with Crippen molar-refractivity contribution in [1.29, 1.82) is 4.78 Å². The summed E-state index contributed by atoms with van der Waals surface area (Å²) in [6.45, 7) is 6.52. The first-order chi connectivity index (χ1) is 15.2. The van der Waals surface area contributed by atoms with E-state index in [1.807, 2.05) is 38.1 Å². The molecule has 0 unspecified atom stereocenters. The summed E-state index contributed by atoms with van der Waals surface area (Å²) in [5.74, 6) is 0.631. The Balaban J connectivity index is 1.84. The minimum absolute atomic E-state index is 0.0863. The van der Waals surface area contributed by atoms with Gasteiger partial charge in [0.05, 0.1) is 50.5 Å². The van der Waals surface area contributed by atoms with E-state index < -0.39 is 9.73 Å². The van der Waals surface area contributed by atoms with Gasteiger partial charge < -0.3 is 15.0 Å². The molecule has 4 rings (SSSR count). The van der Waals surface area contributed by atoms with E-state index in [-0.39, 0.29) is 11.6 Å². The van der Waals surface area contributed by atoms with Gasteiger partial charge in [0, 0.05) is 32.0 Å². The second-order valence-corrected chi connectivity index (χ2v) is 10.5. The molecular formula is C23H29N5O3S. The van der Waals surface area contributed by atoms with Crippen LogP contribution in [-0.2, 0) is 21.5 Å². The van der Waals surface area contributed by atoms with Crippen LogP contribution in [0, 0.1) is 11.7 Å². The molecule has 2 heterocycles. The summed E-state index contributed by atoms with van der Waals surface area (Å²) >= 11 is 0. The van der Waals surface area contributed by atoms with Crippen LogP contribution in [0.15, 0.2) is 46.1 Å². The maximum Gasteiger partial charge on any atom is 0.262 e. The quantitative estimate of drug-likeness (QED) is 0.612. The molecule has 0 radical (unpaired) electrons. The number of para-hydroxylation sites is 1. The van der Waals surface area contributed by atoms with Gasteiger partial charge in [-0.25, -0.2) is 14.0 Å². The maximum absolute atomic E-state index is 13.2. The number of hydrogen-bond acceptors (Lipinski definition) is 7. The van der Waals surface area contributed by atoms with Gasteiger partial charge in [-0.3, -0.25) is 9.36 Å². The Kier molecular flexibility index (Phi) is 5.96. The summed E-state index contributed by atoms with van der Waals surface area (Å²) in [4.78, 5) is 20.7. The van der Waals surface area contributed by atoms with Gasteiger partial charge in [0.15, 0.2) is 0 Å². The highest BCUT2D eigenvalue weighted by molar-refractivity contribution is 7.91. The number of nitrogens with one attached hydrogen (secondary N) is 2. The van der Waals surface area contributed by atoms with Gasteiger partial charge in [0.2, 0.25) is 5.95 Å².